The van der Waals surface area contributed by atoms with Gasteiger partial charge in [0, 0.05) is 39.0 Å². The number of carbonyl (C=O) groups is 2. The van der Waals surface area contributed by atoms with Crippen molar-refractivity contribution in [2.24, 2.45) is 5.41 Å². The summed E-state index contributed by atoms with van der Waals surface area (Å²) >= 11 is 0. The minimum atomic E-state index is -3.13. The number of nitrogens with one attached hydrogen (secondary N) is 2. The van der Waals surface area contributed by atoms with Gasteiger partial charge in [0.25, 0.3) is 5.92 Å². The van der Waals surface area contributed by atoms with Gasteiger partial charge in [0.05, 0.1) is 6.07 Å². The molecule has 3 aliphatic rings. The van der Waals surface area contributed by atoms with Crippen LogP contribution in [0, 0.1) is 16.7 Å². The fourth-order valence-electron chi connectivity index (χ4n) is 4.94. The standard InChI is InChI=1S/C15H16F2N3O.C11H20N2O2/c16-15(17,8-11-4-2-1-3-5-11)9-12(19)13(21)20-14(10-18)6-7-14;1-2-5-12-8-11(9-12)3-6-13(7-4-11)10(14)15/h1-5,12,19H,6-9H2,(H,20,21);2-9H2,1H3,(H,14,15)/q-1;/t12-;/m0./s1. The number of amides is 2. The molecule has 36 heavy (non-hydrogen) atoms. The van der Waals surface area contributed by atoms with Crippen LogP contribution in [0.3, 0.4) is 0 Å². The molecule has 0 aromatic heterocycles. The lowest BCUT2D eigenvalue weighted by Crippen LogP contribution is -2.60. The van der Waals surface area contributed by atoms with Crippen LogP contribution in [0.1, 0.15) is 51.0 Å². The van der Waals surface area contributed by atoms with E-state index in [4.69, 9.17) is 16.1 Å². The lowest BCUT2D eigenvalue weighted by Gasteiger charge is -2.53. The van der Waals surface area contributed by atoms with E-state index >= 15 is 0 Å². The number of alkyl halides is 2. The van der Waals surface area contributed by atoms with Crippen molar-refractivity contribution in [2.45, 2.75) is 69.4 Å². The van der Waals surface area contributed by atoms with E-state index in [1.165, 1.54) is 26.1 Å². The van der Waals surface area contributed by atoms with Crippen LogP contribution in [0.5, 0.6) is 0 Å². The zero-order valence-corrected chi connectivity index (χ0v) is 20.8. The maximum absolute atomic E-state index is 13.9. The molecule has 3 N–H and O–H groups in total. The van der Waals surface area contributed by atoms with E-state index in [2.05, 4.69) is 17.1 Å². The number of likely N-dealkylation sites (tertiary alicyclic amines) is 2. The van der Waals surface area contributed by atoms with Crippen molar-refractivity contribution in [3.8, 4) is 6.07 Å². The second kappa shape index (κ2) is 11.5. The van der Waals surface area contributed by atoms with E-state index in [-0.39, 0.29) is 0 Å². The summed E-state index contributed by atoms with van der Waals surface area (Å²) in [5.41, 5.74) is 7.58. The number of rotatable bonds is 8. The SMILES string of the molecule is CCCN1CC2(CCN(C(=O)O)CC2)C1.N#CC1(NC(=O)[C@@H]([NH-])CC(F)(F)Cc2ccccc2)CC1. The molecular formula is C26H36F2N5O3-. The van der Waals surface area contributed by atoms with Crippen LogP contribution in [-0.2, 0) is 11.2 Å². The molecule has 1 aromatic rings. The zero-order valence-electron chi connectivity index (χ0n) is 20.8. The molecule has 8 nitrogen and oxygen atoms in total. The molecule has 4 rings (SSSR count). The predicted octanol–water partition coefficient (Wildman–Crippen LogP) is 4.32. The summed E-state index contributed by atoms with van der Waals surface area (Å²) in [7, 11) is 0. The van der Waals surface area contributed by atoms with Crippen molar-refractivity contribution in [3.63, 3.8) is 0 Å². The molecule has 0 bridgehead atoms. The molecular weight excluding hydrogens is 468 g/mol. The highest BCUT2D eigenvalue weighted by Crippen LogP contribution is 2.40. The number of benzene rings is 1. The number of hydrogen-bond donors (Lipinski definition) is 2. The molecule has 2 amide bonds. The highest BCUT2D eigenvalue weighted by atomic mass is 19.3. The van der Waals surface area contributed by atoms with Crippen molar-refractivity contribution >= 4 is 12.0 Å². The minimum Gasteiger partial charge on any atom is -0.667 e. The van der Waals surface area contributed by atoms with Crippen LogP contribution in [0.15, 0.2) is 30.3 Å². The maximum Gasteiger partial charge on any atom is 0.407 e. The number of piperidine rings is 1. The second-order valence-electron chi connectivity index (χ2n) is 10.4. The zero-order chi connectivity index (χ0) is 26.4. The van der Waals surface area contributed by atoms with Crippen LogP contribution in [0.2, 0.25) is 0 Å². The molecule has 3 fully saturated rings. The van der Waals surface area contributed by atoms with Gasteiger partial charge in [-0.3, -0.25) is 4.79 Å². The van der Waals surface area contributed by atoms with Gasteiger partial charge in [-0.25, -0.2) is 13.6 Å². The van der Waals surface area contributed by atoms with Gasteiger partial charge in [0.15, 0.2) is 0 Å². The first-order valence-corrected chi connectivity index (χ1v) is 12.6. The van der Waals surface area contributed by atoms with Crippen molar-refractivity contribution in [1.29, 1.82) is 5.26 Å². The molecule has 1 atom stereocenters. The summed E-state index contributed by atoms with van der Waals surface area (Å²) in [5, 5.41) is 20.1. The molecule has 2 aliphatic heterocycles. The van der Waals surface area contributed by atoms with Gasteiger partial charge in [-0.2, -0.15) is 5.26 Å². The third-order valence-corrected chi connectivity index (χ3v) is 7.20. The third-order valence-electron chi connectivity index (χ3n) is 7.20. The van der Waals surface area contributed by atoms with E-state index in [0.29, 0.717) is 23.8 Å². The average Bonchev–Trinajstić information content (AvgIpc) is 3.59. The van der Waals surface area contributed by atoms with Gasteiger partial charge in [0.2, 0.25) is 5.91 Å². The normalized spacial score (nSPS) is 20.8. The van der Waals surface area contributed by atoms with Crippen LogP contribution >= 0.6 is 0 Å². The topological polar surface area (TPSA) is 120 Å². The Morgan fingerprint density at radius 1 is 1.19 bits per heavy atom. The van der Waals surface area contributed by atoms with Gasteiger partial charge in [-0.05, 0) is 49.6 Å². The summed E-state index contributed by atoms with van der Waals surface area (Å²) in [6.45, 7) is 7.25. The molecule has 1 saturated carbocycles. The van der Waals surface area contributed by atoms with Crippen molar-refractivity contribution in [2.75, 3.05) is 32.7 Å². The average molecular weight is 505 g/mol. The van der Waals surface area contributed by atoms with Gasteiger partial charge in [-0.1, -0.05) is 43.3 Å². The number of halogens is 2. The fourth-order valence-corrected chi connectivity index (χ4v) is 4.94. The Balaban J connectivity index is 0.000000212. The van der Waals surface area contributed by atoms with E-state index in [1.807, 2.05) is 6.07 Å². The van der Waals surface area contributed by atoms with E-state index in [9.17, 15) is 18.4 Å². The number of hydrogen-bond acceptors (Lipinski definition) is 4. The highest BCUT2D eigenvalue weighted by Gasteiger charge is 2.46. The van der Waals surface area contributed by atoms with Crippen LogP contribution in [0.25, 0.3) is 5.73 Å². The first kappa shape index (κ1) is 27.8. The number of nitriles is 1. The highest BCUT2D eigenvalue weighted by molar-refractivity contribution is 5.84. The Bertz CT molecular complexity index is 933. The monoisotopic (exact) mass is 504 g/mol. The van der Waals surface area contributed by atoms with Crippen LogP contribution in [0.4, 0.5) is 13.6 Å². The Kier molecular flexibility index (Phi) is 8.90. The molecule has 0 radical (unpaired) electrons. The Morgan fingerprint density at radius 2 is 1.81 bits per heavy atom. The van der Waals surface area contributed by atoms with Gasteiger partial charge >= 0.3 is 6.09 Å². The molecule has 2 heterocycles. The summed E-state index contributed by atoms with van der Waals surface area (Å²) in [4.78, 5) is 26.5. The fraction of sp³-hybridized carbons (Fsp3) is 0.654. The number of nitrogens with zero attached hydrogens (tertiary/aromatic N) is 3. The molecule has 0 unspecified atom stereocenters. The van der Waals surface area contributed by atoms with Crippen LogP contribution in [-0.4, -0.2) is 77.1 Å². The van der Waals surface area contributed by atoms with Gasteiger partial charge < -0.3 is 26.0 Å². The smallest absolute Gasteiger partial charge is 0.407 e. The van der Waals surface area contributed by atoms with Crippen LogP contribution < -0.4 is 5.32 Å². The van der Waals surface area contributed by atoms with Gasteiger partial charge in [0.1, 0.15) is 5.54 Å². The summed E-state index contributed by atoms with van der Waals surface area (Å²) in [5.74, 6) is -3.93. The first-order valence-electron chi connectivity index (χ1n) is 12.6. The number of carbonyl (C=O) groups excluding carboxylic acids is 1. The molecule has 1 aromatic carbocycles. The Morgan fingerprint density at radius 3 is 2.31 bits per heavy atom. The third kappa shape index (κ3) is 7.61. The maximum atomic E-state index is 13.9. The lowest BCUT2D eigenvalue weighted by atomic mass is 9.72. The first-order chi connectivity index (χ1) is 17.0. The van der Waals surface area contributed by atoms with Gasteiger partial charge in [-0.15, -0.1) is 0 Å². The molecule has 10 heteroatoms. The van der Waals surface area contributed by atoms with E-state index in [0.717, 1.165) is 25.9 Å². The van der Waals surface area contributed by atoms with Crippen molar-refractivity contribution in [1.82, 2.24) is 15.1 Å². The summed E-state index contributed by atoms with van der Waals surface area (Å²) < 4.78 is 27.8. The van der Waals surface area contributed by atoms with Crippen molar-refractivity contribution < 1.29 is 23.5 Å². The molecule has 1 aliphatic carbocycles. The Labute approximate surface area is 211 Å². The molecule has 198 valence electrons. The largest absolute Gasteiger partial charge is 0.667 e. The minimum absolute atomic E-state index is 0.459. The van der Waals surface area contributed by atoms with Crippen molar-refractivity contribution in [3.05, 3.63) is 41.6 Å². The number of carboxylic acid groups (broad SMARTS) is 1. The quantitative estimate of drug-likeness (QED) is 0.546. The molecule has 1 spiro atoms. The molecule has 2 saturated heterocycles. The van der Waals surface area contributed by atoms with E-state index in [1.54, 1.807) is 35.2 Å². The summed E-state index contributed by atoms with van der Waals surface area (Å²) in [6.07, 6.45) is 2.26. The predicted molar refractivity (Wildman–Crippen MR) is 132 cm³/mol. The van der Waals surface area contributed by atoms with E-state index < -0.39 is 42.3 Å². The Hall–Kier alpha value is -2.77. The second-order valence-corrected chi connectivity index (χ2v) is 10.4. The summed E-state index contributed by atoms with van der Waals surface area (Å²) in [6, 6.07) is 8.60. The lowest BCUT2D eigenvalue weighted by molar-refractivity contribution is -0.124.